The molecular formula is C22H25N3O3S. The number of nitrogens with one attached hydrogen (secondary N) is 1. The van der Waals surface area contributed by atoms with Crippen molar-refractivity contribution in [1.82, 2.24) is 10.2 Å². The third kappa shape index (κ3) is 6.35. The van der Waals surface area contributed by atoms with Gasteiger partial charge in [-0.15, -0.1) is 10.2 Å². The van der Waals surface area contributed by atoms with Crippen molar-refractivity contribution in [2.24, 2.45) is 0 Å². The van der Waals surface area contributed by atoms with Gasteiger partial charge in [0.2, 0.25) is 11.8 Å². The van der Waals surface area contributed by atoms with Gasteiger partial charge in [-0.2, -0.15) is 0 Å². The molecule has 0 aliphatic rings. The Morgan fingerprint density at radius 2 is 1.83 bits per heavy atom. The van der Waals surface area contributed by atoms with E-state index >= 15 is 0 Å². The zero-order chi connectivity index (χ0) is 20.5. The molecule has 1 aromatic heterocycles. The molecule has 152 valence electrons. The van der Waals surface area contributed by atoms with Crippen molar-refractivity contribution < 1.29 is 13.9 Å². The maximum Gasteiger partial charge on any atom is 0.277 e. The van der Waals surface area contributed by atoms with Gasteiger partial charge < -0.3 is 14.5 Å². The second kappa shape index (κ2) is 10.7. The van der Waals surface area contributed by atoms with Crippen LogP contribution in [-0.2, 0) is 11.2 Å². The molecule has 6 nitrogen and oxygen atoms in total. The Labute approximate surface area is 175 Å². The third-order valence-electron chi connectivity index (χ3n) is 4.38. The summed E-state index contributed by atoms with van der Waals surface area (Å²) in [5, 5.41) is 11.3. The zero-order valence-corrected chi connectivity index (χ0v) is 17.5. The molecule has 0 radical (unpaired) electrons. The Morgan fingerprint density at radius 3 is 2.52 bits per heavy atom. The Balaban J connectivity index is 1.47. The molecule has 2 aromatic carbocycles. The van der Waals surface area contributed by atoms with Gasteiger partial charge in [0.05, 0.1) is 12.9 Å². The molecule has 0 aliphatic carbocycles. The van der Waals surface area contributed by atoms with Crippen LogP contribution in [0.2, 0.25) is 0 Å². The number of anilines is 1. The predicted octanol–water partition coefficient (Wildman–Crippen LogP) is 5.21. The first-order chi connectivity index (χ1) is 14.2. The van der Waals surface area contributed by atoms with Crippen LogP contribution in [0.3, 0.4) is 0 Å². The van der Waals surface area contributed by atoms with Crippen molar-refractivity contribution in [3.63, 3.8) is 0 Å². The maximum atomic E-state index is 12.2. The first kappa shape index (κ1) is 20.9. The lowest BCUT2D eigenvalue weighted by molar-refractivity contribution is -0.113. The molecule has 0 saturated carbocycles. The Kier molecular flexibility index (Phi) is 7.69. The summed E-state index contributed by atoms with van der Waals surface area (Å²) >= 11 is 1.21. The van der Waals surface area contributed by atoms with Gasteiger partial charge in [-0.25, -0.2) is 0 Å². The molecule has 1 amide bonds. The largest absolute Gasteiger partial charge is 0.497 e. The number of hydrogen-bond donors (Lipinski definition) is 1. The highest BCUT2D eigenvalue weighted by molar-refractivity contribution is 7.99. The quantitative estimate of drug-likeness (QED) is 0.365. The number of nitrogens with zero attached hydrogens (tertiary/aromatic N) is 2. The van der Waals surface area contributed by atoms with Crippen LogP contribution in [0.15, 0.2) is 58.2 Å². The fourth-order valence-corrected chi connectivity index (χ4v) is 3.34. The van der Waals surface area contributed by atoms with Crippen LogP contribution in [0.25, 0.3) is 11.5 Å². The van der Waals surface area contributed by atoms with Gasteiger partial charge >= 0.3 is 0 Å². The van der Waals surface area contributed by atoms with Gasteiger partial charge in [0.1, 0.15) is 5.75 Å². The van der Waals surface area contributed by atoms with Crippen LogP contribution in [0.4, 0.5) is 5.69 Å². The standard InChI is InChI=1S/C22H25N3O3S/c1-3-4-5-6-16-7-11-18(12-8-16)23-20(26)15-29-22-25-24-21(28-22)17-9-13-19(27-2)14-10-17/h7-14H,3-6,15H2,1-2H3,(H,23,26). The molecule has 3 aromatic rings. The highest BCUT2D eigenvalue weighted by Gasteiger charge is 2.11. The normalized spacial score (nSPS) is 10.7. The topological polar surface area (TPSA) is 77.2 Å². The number of carbonyl (C=O) groups excluding carboxylic acids is 1. The lowest BCUT2D eigenvalue weighted by atomic mass is 10.1. The van der Waals surface area contributed by atoms with Gasteiger partial charge in [-0.3, -0.25) is 4.79 Å². The summed E-state index contributed by atoms with van der Waals surface area (Å²) in [5.74, 6) is 1.25. The number of aryl methyl sites for hydroxylation is 1. The molecule has 1 heterocycles. The summed E-state index contributed by atoms with van der Waals surface area (Å²) < 4.78 is 10.8. The molecule has 0 saturated heterocycles. The van der Waals surface area contributed by atoms with Crippen LogP contribution >= 0.6 is 11.8 Å². The number of ether oxygens (including phenoxy) is 1. The highest BCUT2D eigenvalue weighted by Crippen LogP contribution is 2.25. The number of unbranched alkanes of at least 4 members (excludes halogenated alkanes) is 2. The van der Waals surface area contributed by atoms with Crippen molar-refractivity contribution in [1.29, 1.82) is 0 Å². The van der Waals surface area contributed by atoms with E-state index in [0.717, 1.165) is 23.4 Å². The first-order valence-corrected chi connectivity index (χ1v) is 10.7. The number of amides is 1. The summed E-state index contributed by atoms with van der Waals surface area (Å²) in [6, 6.07) is 15.4. The van der Waals surface area contributed by atoms with E-state index in [1.807, 2.05) is 36.4 Å². The fraction of sp³-hybridized carbons (Fsp3) is 0.318. The number of methoxy groups -OCH3 is 1. The summed E-state index contributed by atoms with van der Waals surface area (Å²) in [6.07, 6.45) is 4.73. The molecule has 0 unspecified atom stereocenters. The van der Waals surface area contributed by atoms with Crippen LogP contribution in [-0.4, -0.2) is 29.0 Å². The molecule has 1 N–H and O–H groups in total. The van der Waals surface area contributed by atoms with E-state index in [2.05, 4.69) is 34.6 Å². The zero-order valence-electron chi connectivity index (χ0n) is 16.7. The lowest BCUT2D eigenvalue weighted by Gasteiger charge is -2.06. The number of hydrogen-bond acceptors (Lipinski definition) is 6. The van der Waals surface area contributed by atoms with Crippen molar-refractivity contribution in [2.45, 2.75) is 37.8 Å². The average Bonchev–Trinajstić information content (AvgIpc) is 3.23. The predicted molar refractivity (Wildman–Crippen MR) is 115 cm³/mol. The van der Waals surface area contributed by atoms with Crippen LogP contribution in [0.1, 0.15) is 31.7 Å². The van der Waals surface area contributed by atoms with E-state index in [0.29, 0.717) is 11.1 Å². The Bertz CT molecular complexity index is 908. The molecule has 0 aliphatic heterocycles. The molecule has 7 heteroatoms. The summed E-state index contributed by atoms with van der Waals surface area (Å²) in [4.78, 5) is 12.2. The van der Waals surface area contributed by atoms with E-state index < -0.39 is 0 Å². The van der Waals surface area contributed by atoms with Gasteiger partial charge in [-0.05, 0) is 54.8 Å². The minimum atomic E-state index is -0.113. The van der Waals surface area contributed by atoms with Crippen LogP contribution in [0, 0.1) is 0 Å². The number of aromatic nitrogens is 2. The lowest BCUT2D eigenvalue weighted by Crippen LogP contribution is -2.13. The van der Waals surface area contributed by atoms with Crippen molar-refractivity contribution in [2.75, 3.05) is 18.2 Å². The Hall–Kier alpha value is -2.80. The second-order valence-corrected chi connectivity index (χ2v) is 7.52. The van der Waals surface area contributed by atoms with E-state index in [4.69, 9.17) is 9.15 Å². The van der Waals surface area contributed by atoms with Crippen molar-refractivity contribution in [3.8, 4) is 17.2 Å². The van der Waals surface area contributed by atoms with Crippen molar-refractivity contribution >= 4 is 23.4 Å². The monoisotopic (exact) mass is 411 g/mol. The molecule has 0 atom stereocenters. The smallest absolute Gasteiger partial charge is 0.277 e. The number of rotatable bonds is 10. The summed E-state index contributed by atoms with van der Waals surface area (Å²) in [5.41, 5.74) is 2.88. The third-order valence-corrected chi connectivity index (χ3v) is 5.20. The minimum Gasteiger partial charge on any atom is -0.497 e. The summed E-state index contributed by atoms with van der Waals surface area (Å²) in [7, 11) is 1.61. The van der Waals surface area contributed by atoms with Crippen LogP contribution < -0.4 is 10.1 Å². The SMILES string of the molecule is CCCCCc1ccc(NC(=O)CSc2nnc(-c3ccc(OC)cc3)o2)cc1. The van der Waals surface area contributed by atoms with E-state index in [-0.39, 0.29) is 11.7 Å². The maximum absolute atomic E-state index is 12.2. The average molecular weight is 412 g/mol. The summed E-state index contributed by atoms with van der Waals surface area (Å²) in [6.45, 7) is 2.20. The molecular weight excluding hydrogens is 386 g/mol. The van der Waals surface area contributed by atoms with E-state index in [9.17, 15) is 4.79 Å². The number of carbonyl (C=O) groups is 1. The fourth-order valence-electron chi connectivity index (χ4n) is 2.78. The Morgan fingerprint density at radius 1 is 1.07 bits per heavy atom. The molecule has 0 fully saturated rings. The van der Waals surface area contributed by atoms with E-state index in [1.54, 1.807) is 7.11 Å². The highest BCUT2D eigenvalue weighted by atomic mass is 32.2. The van der Waals surface area contributed by atoms with Gasteiger partial charge in [0.25, 0.3) is 5.22 Å². The molecule has 29 heavy (non-hydrogen) atoms. The van der Waals surface area contributed by atoms with Gasteiger partial charge in [0.15, 0.2) is 0 Å². The van der Waals surface area contributed by atoms with Crippen LogP contribution in [0.5, 0.6) is 5.75 Å². The molecule has 0 bridgehead atoms. The van der Waals surface area contributed by atoms with Gasteiger partial charge in [0, 0.05) is 11.3 Å². The number of thioether (sulfide) groups is 1. The van der Waals surface area contributed by atoms with E-state index in [1.165, 1.54) is 36.6 Å². The first-order valence-electron chi connectivity index (χ1n) is 9.67. The minimum absolute atomic E-state index is 0.113. The van der Waals surface area contributed by atoms with Crippen molar-refractivity contribution in [3.05, 3.63) is 54.1 Å². The second-order valence-electron chi connectivity index (χ2n) is 6.59. The molecule has 3 rings (SSSR count). The molecule has 0 spiro atoms. The number of benzene rings is 2. The van der Waals surface area contributed by atoms with Gasteiger partial charge in [-0.1, -0.05) is 43.7 Å².